The number of ether oxygens (including phenoxy) is 2. The number of carbonyl (C=O) groups is 1. The molecule has 2 aromatic carbocycles. The number of aromatic nitrogens is 3. The molecule has 0 fully saturated rings. The zero-order valence-electron chi connectivity index (χ0n) is 17.7. The lowest BCUT2D eigenvalue weighted by atomic mass is 10.2. The van der Waals surface area contributed by atoms with Crippen LogP contribution in [0.5, 0.6) is 11.5 Å². The third kappa shape index (κ3) is 4.01. The van der Waals surface area contributed by atoms with E-state index in [0.717, 1.165) is 29.1 Å². The molecular formula is C24H21N3O4S. The Kier molecular flexibility index (Phi) is 5.45. The van der Waals surface area contributed by atoms with E-state index < -0.39 is 0 Å². The summed E-state index contributed by atoms with van der Waals surface area (Å²) in [4.78, 5) is 12.9. The summed E-state index contributed by atoms with van der Waals surface area (Å²) in [6.07, 6.45) is 0. The molecule has 0 saturated heterocycles. The van der Waals surface area contributed by atoms with Gasteiger partial charge in [-0.15, -0.1) is 10.2 Å². The number of nitrogens with zero attached hydrogens (tertiary/aromatic N) is 3. The molecule has 2 aromatic heterocycles. The Labute approximate surface area is 189 Å². The molecular weight excluding hydrogens is 426 g/mol. The molecule has 0 spiro atoms. The Balaban J connectivity index is 1.26. The van der Waals surface area contributed by atoms with Crippen LogP contribution in [0.4, 0.5) is 0 Å². The van der Waals surface area contributed by atoms with Gasteiger partial charge in [-0.2, -0.15) is 0 Å². The first-order valence-corrected chi connectivity index (χ1v) is 11.2. The fourth-order valence-corrected chi connectivity index (χ4v) is 4.36. The van der Waals surface area contributed by atoms with Crippen molar-refractivity contribution in [1.29, 1.82) is 0 Å². The third-order valence-electron chi connectivity index (χ3n) is 5.41. The van der Waals surface area contributed by atoms with Crippen LogP contribution in [-0.2, 0) is 6.54 Å². The molecule has 0 radical (unpaired) electrons. The largest absolute Gasteiger partial charge is 0.454 e. The van der Waals surface area contributed by atoms with Crippen LogP contribution in [0.15, 0.2) is 64.2 Å². The molecule has 7 nitrogen and oxygen atoms in total. The molecule has 4 aromatic rings. The molecule has 0 bridgehead atoms. The van der Waals surface area contributed by atoms with E-state index in [1.165, 1.54) is 17.3 Å². The van der Waals surface area contributed by atoms with Crippen molar-refractivity contribution in [2.45, 2.75) is 25.6 Å². The van der Waals surface area contributed by atoms with Gasteiger partial charge in [-0.1, -0.05) is 42.1 Å². The van der Waals surface area contributed by atoms with Gasteiger partial charge in [0.05, 0.1) is 5.75 Å². The number of hydrogen-bond donors (Lipinski definition) is 0. The number of thioether (sulfide) groups is 1. The Morgan fingerprint density at radius 1 is 1.03 bits per heavy atom. The molecule has 32 heavy (non-hydrogen) atoms. The first-order chi connectivity index (χ1) is 15.6. The maximum Gasteiger partial charge on any atom is 0.277 e. The lowest BCUT2D eigenvalue weighted by molar-refractivity contribution is 0.102. The van der Waals surface area contributed by atoms with Gasteiger partial charge in [-0.05, 0) is 43.7 Å². The molecule has 0 amide bonds. The summed E-state index contributed by atoms with van der Waals surface area (Å²) in [7, 11) is 0. The molecule has 162 valence electrons. The normalized spacial score (nSPS) is 12.3. The predicted octanol–water partition coefficient (Wildman–Crippen LogP) is 4.91. The zero-order chi connectivity index (χ0) is 22.1. The number of Topliss-reactive ketones (excluding diaryl/α,β-unsaturated/α-hetero) is 1. The molecule has 8 heteroatoms. The van der Waals surface area contributed by atoms with E-state index in [1.54, 1.807) is 6.07 Å². The van der Waals surface area contributed by atoms with Gasteiger partial charge in [-0.25, -0.2) is 0 Å². The number of aryl methyl sites for hydroxylation is 1. The van der Waals surface area contributed by atoms with Gasteiger partial charge in [-0.3, -0.25) is 4.79 Å². The van der Waals surface area contributed by atoms with Crippen LogP contribution in [-0.4, -0.2) is 33.1 Å². The molecule has 1 aliphatic rings. The van der Waals surface area contributed by atoms with Crippen LogP contribution in [0.25, 0.3) is 11.5 Å². The Hall–Kier alpha value is -3.52. The van der Waals surface area contributed by atoms with Gasteiger partial charge in [0.25, 0.3) is 5.22 Å². The summed E-state index contributed by atoms with van der Waals surface area (Å²) in [6.45, 7) is 4.95. The Morgan fingerprint density at radius 3 is 2.69 bits per heavy atom. The monoisotopic (exact) mass is 447 g/mol. The van der Waals surface area contributed by atoms with Crippen molar-refractivity contribution in [3.8, 4) is 23.0 Å². The fraction of sp³-hybridized carbons (Fsp3) is 0.208. The molecule has 3 heterocycles. The minimum atomic E-state index is 0.0326. The van der Waals surface area contributed by atoms with E-state index in [9.17, 15) is 4.79 Å². The molecule has 1 aliphatic heterocycles. The predicted molar refractivity (Wildman–Crippen MR) is 120 cm³/mol. The Bertz CT molecular complexity index is 1280. The lowest BCUT2D eigenvalue weighted by Gasteiger charge is -2.09. The highest BCUT2D eigenvalue weighted by atomic mass is 32.2. The third-order valence-corrected chi connectivity index (χ3v) is 6.23. The number of fused-ring (bicyclic) bond motifs is 1. The second-order valence-corrected chi connectivity index (χ2v) is 8.44. The molecule has 0 aliphatic carbocycles. The second kappa shape index (κ2) is 8.55. The molecule has 0 atom stereocenters. The van der Waals surface area contributed by atoms with Gasteiger partial charge in [0, 0.05) is 29.1 Å². The van der Waals surface area contributed by atoms with Crippen molar-refractivity contribution in [3.05, 3.63) is 77.1 Å². The van der Waals surface area contributed by atoms with Crippen molar-refractivity contribution >= 4 is 17.5 Å². The van der Waals surface area contributed by atoms with Crippen LogP contribution in [0.1, 0.15) is 27.3 Å². The lowest BCUT2D eigenvalue weighted by Crippen LogP contribution is -2.07. The fourth-order valence-electron chi connectivity index (χ4n) is 3.71. The number of benzene rings is 2. The number of hydrogen-bond acceptors (Lipinski definition) is 7. The van der Waals surface area contributed by atoms with Gasteiger partial charge in [0.2, 0.25) is 12.7 Å². The van der Waals surface area contributed by atoms with E-state index in [0.29, 0.717) is 22.6 Å². The van der Waals surface area contributed by atoms with Crippen molar-refractivity contribution in [3.63, 3.8) is 0 Å². The summed E-state index contributed by atoms with van der Waals surface area (Å²) in [5.74, 6) is 1.97. The summed E-state index contributed by atoms with van der Waals surface area (Å²) in [5.41, 5.74) is 4.68. The topological polar surface area (TPSA) is 79.4 Å². The maximum atomic E-state index is 12.9. The zero-order valence-corrected chi connectivity index (χ0v) is 18.5. The van der Waals surface area contributed by atoms with E-state index in [-0.39, 0.29) is 18.3 Å². The van der Waals surface area contributed by atoms with E-state index >= 15 is 0 Å². The number of ketones is 1. The highest BCUT2D eigenvalue weighted by molar-refractivity contribution is 7.99. The van der Waals surface area contributed by atoms with Crippen LogP contribution in [0.3, 0.4) is 0 Å². The summed E-state index contributed by atoms with van der Waals surface area (Å²) in [5, 5.41) is 8.52. The number of rotatable bonds is 7. The van der Waals surface area contributed by atoms with Crippen molar-refractivity contribution in [1.82, 2.24) is 14.8 Å². The van der Waals surface area contributed by atoms with Gasteiger partial charge in [0.1, 0.15) is 0 Å². The smallest absolute Gasteiger partial charge is 0.277 e. The van der Waals surface area contributed by atoms with Crippen molar-refractivity contribution in [2.75, 3.05) is 12.5 Å². The quantitative estimate of drug-likeness (QED) is 0.294. The summed E-state index contributed by atoms with van der Waals surface area (Å²) >= 11 is 1.24. The average Bonchev–Trinajstić information content (AvgIpc) is 3.53. The average molecular weight is 448 g/mol. The second-order valence-electron chi connectivity index (χ2n) is 7.51. The first kappa shape index (κ1) is 20.4. The minimum absolute atomic E-state index is 0.0326. The summed E-state index contributed by atoms with van der Waals surface area (Å²) < 4.78 is 18.6. The number of carbonyl (C=O) groups excluding carboxylic acids is 1. The summed E-state index contributed by atoms with van der Waals surface area (Å²) in [6, 6.07) is 17.6. The van der Waals surface area contributed by atoms with Crippen molar-refractivity contribution < 1.29 is 18.7 Å². The van der Waals surface area contributed by atoms with Crippen molar-refractivity contribution in [2.24, 2.45) is 0 Å². The van der Waals surface area contributed by atoms with E-state index in [4.69, 9.17) is 13.9 Å². The van der Waals surface area contributed by atoms with Crippen LogP contribution in [0.2, 0.25) is 0 Å². The molecule has 5 rings (SSSR count). The first-order valence-electron chi connectivity index (χ1n) is 10.2. The molecule has 0 N–H and O–H groups in total. The van der Waals surface area contributed by atoms with Crippen LogP contribution in [0, 0.1) is 13.8 Å². The maximum absolute atomic E-state index is 12.9. The highest BCUT2D eigenvalue weighted by Crippen LogP contribution is 2.36. The minimum Gasteiger partial charge on any atom is -0.454 e. The van der Waals surface area contributed by atoms with Gasteiger partial charge in [0.15, 0.2) is 17.3 Å². The van der Waals surface area contributed by atoms with Crippen LogP contribution >= 0.6 is 11.8 Å². The highest BCUT2D eigenvalue weighted by Gasteiger charge is 2.19. The van der Waals surface area contributed by atoms with Crippen LogP contribution < -0.4 is 9.47 Å². The van der Waals surface area contributed by atoms with E-state index in [1.807, 2.05) is 50.2 Å². The van der Waals surface area contributed by atoms with E-state index in [2.05, 4.69) is 26.9 Å². The van der Waals surface area contributed by atoms with Gasteiger partial charge < -0.3 is 18.5 Å². The molecule has 0 saturated carbocycles. The standard InChI is InChI=1S/C24H21N3O4S/c1-15-10-19(16(2)27(15)12-17-6-4-3-5-7-17)20(28)13-32-24-26-25-23(31-24)18-8-9-21-22(11-18)30-14-29-21/h3-11H,12-14H2,1-2H3. The van der Waals surface area contributed by atoms with Gasteiger partial charge >= 0.3 is 0 Å². The Morgan fingerprint density at radius 2 is 1.84 bits per heavy atom. The SMILES string of the molecule is Cc1cc(C(=O)CSc2nnc(-c3ccc4c(c3)OCO4)o2)c(C)n1Cc1ccccc1. The molecule has 0 unspecified atom stereocenters.